The molecule has 0 rings (SSSR count). The van der Waals surface area contributed by atoms with Crippen molar-refractivity contribution in [3.63, 3.8) is 0 Å². The third-order valence-electron chi connectivity index (χ3n) is 0.990. The Morgan fingerprint density at radius 1 is 1.30 bits per heavy atom. The number of allylic oxidation sites excluding steroid dienone is 1. The Kier molecular flexibility index (Phi) is 6.57. The van der Waals surface area contributed by atoms with E-state index in [1.54, 1.807) is 20.5 Å². The predicted octanol–water partition coefficient (Wildman–Crippen LogP) is 0.589. The second-order valence-corrected chi connectivity index (χ2v) is 3.84. The van der Waals surface area contributed by atoms with Crippen LogP contribution in [0.4, 0.5) is 0 Å². The Labute approximate surface area is 63.4 Å². The molecule has 0 aromatic carbocycles. The van der Waals surface area contributed by atoms with Crippen LogP contribution in [-0.2, 0) is 13.6 Å². The summed E-state index contributed by atoms with van der Waals surface area (Å²) in [5.74, 6) is 0. The van der Waals surface area contributed by atoms with Crippen LogP contribution in [0.3, 0.4) is 0 Å². The van der Waals surface area contributed by atoms with Crippen LogP contribution in [-0.4, -0.2) is 29.7 Å². The van der Waals surface area contributed by atoms with Crippen LogP contribution in [0.25, 0.3) is 0 Å². The molecule has 0 unspecified atom stereocenters. The Balaban J connectivity index is 3.25. The van der Waals surface area contributed by atoms with Crippen molar-refractivity contribution in [3.8, 4) is 0 Å². The van der Waals surface area contributed by atoms with E-state index in [0.717, 1.165) is 0 Å². The van der Waals surface area contributed by atoms with E-state index < -0.39 is 9.28 Å². The first-order valence-electron chi connectivity index (χ1n) is 3.13. The van der Waals surface area contributed by atoms with E-state index in [4.69, 9.17) is 13.6 Å². The van der Waals surface area contributed by atoms with Gasteiger partial charge in [-0.3, -0.25) is 0 Å². The third-order valence-corrected chi connectivity index (χ3v) is 2.51. The molecule has 0 N–H and O–H groups in total. The van der Waals surface area contributed by atoms with Crippen molar-refractivity contribution < 1.29 is 13.6 Å². The summed E-state index contributed by atoms with van der Waals surface area (Å²) in [5, 5.41) is 0. The van der Waals surface area contributed by atoms with Gasteiger partial charge in [0.25, 0.3) is 0 Å². The summed E-state index contributed by atoms with van der Waals surface area (Å²) in [4.78, 5) is 0. The summed E-state index contributed by atoms with van der Waals surface area (Å²) in [6.07, 6.45) is 4.03. The molecule has 0 spiro atoms. The first kappa shape index (κ1) is 9.68. The van der Waals surface area contributed by atoms with Crippen LogP contribution in [0.5, 0.6) is 0 Å². The molecule has 0 saturated heterocycles. The average Bonchev–Trinajstić information content (AvgIpc) is 1.99. The molecular formula is C6H14O3Si. The number of hydrogen-bond acceptors (Lipinski definition) is 3. The highest BCUT2D eigenvalue weighted by molar-refractivity contribution is 6.44. The maximum Gasteiger partial charge on any atom is 0.359 e. The van der Waals surface area contributed by atoms with Gasteiger partial charge in [0.15, 0.2) is 0 Å². The zero-order valence-electron chi connectivity index (χ0n) is 6.66. The molecule has 0 atom stereocenters. The van der Waals surface area contributed by atoms with Gasteiger partial charge in [0.05, 0.1) is 6.26 Å². The van der Waals surface area contributed by atoms with Crippen LogP contribution >= 0.6 is 0 Å². The maximum atomic E-state index is 5.06. The summed E-state index contributed by atoms with van der Waals surface area (Å²) in [6, 6.07) is 0. The zero-order valence-corrected chi connectivity index (χ0v) is 7.82. The lowest BCUT2D eigenvalue weighted by Gasteiger charge is -2.08. The minimum atomic E-state index is -1.50. The van der Waals surface area contributed by atoms with Crippen molar-refractivity contribution in [2.45, 2.75) is 6.92 Å². The van der Waals surface area contributed by atoms with E-state index in [1.165, 1.54) is 0 Å². The molecule has 10 heavy (non-hydrogen) atoms. The number of rotatable bonds is 5. The number of hydrogen-bond donors (Lipinski definition) is 0. The second-order valence-electron chi connectivity index (χ2n) is 1.70. The van der Waals surface area contributed by atoms with E-state index in [9.17, 15) is 0 Å². The summed E-state index contributed by atoms with van der Waals surface area (Å²) < 4.78 is 15.1. The van der Waals surface area contributed by atoms with Crippen LogP contribution in [0.2, 0.25) is 0 Å². The van der Waals surface area contributed by atoms with Gasteiger partial charge in [-0.05, 0) is 6.92 Å². The summed E-state index contributed by atoms with van der Waals surface area (Å²) in [5.41, 5.74) is 0. The van der Waals surface area contributed by atoms with Gasteiger partial charge in [-0.2, -0.15) is 0 Å². The van der Waals surface area contributed by atoms with E-state index in [1.807, 2.05) is 13.0 Å². The molecule has 4 heteroatoms. The molecule has 0 amide bonds. The van der Waals surface area contributed by atoms with Crippen LogP contribution in [0.15, 0.2) is 12.3 Å². The van der Waals surface area contributed by atoms with Gasteiger partial charge in [-0.1, -0.05) is 6.08 Å². The molecule has 0 fully saturated rings. The highest BCUT2D eigenvalue weighted by atomic mass is 28.3. The molecule has 3 nitrogen and oxygen atoms in total. The maximum absolute atomic E-state index is 5.06. The molecule has 60 valence electrons. The first-order chi connectivity index (χ1) is 4.85. The molecule has 0 bridgehead atoms. The van der Waals surface area contributed by atoms with Gasteiger partial charge >= 0.3 is 9.28 Å². The molecule has 0 aliphatic carbocycles. The lowest BCUT2D eigenvalue weighted by molar-refractivity contribution is 0.213. The quantitative estimate of drug-likeness (QED) is 0.437. The summed E-state index contributed by atoms with van der Waals surface area (Å²) in [7, 11) is 1.78. The van der Waals surface area contributed by atoms with Crippen LogP contribution in [0.1, 0.15) is 6.92 Å². The fraction of sp³-hybridized carbons (Fsp3) is 0.667. The van der Waals surface area contributed by atoms with E-state index in [-0.39, 0.29) is 0 Å². The van der Waals surface area contributed by atoms with Crippen LogP contribution < -0.4 is 0 Å². The minimum absolute atomic E-state index is 0.567. The standard InChI is InChI=1S/C6H14O3Si/c1-4-5-9-6-10(7-2)8-3/h4-5,10H,6H2,1-3H3. The second kappa shape index (κ2) is 6.79. The summed E-state index contributed by atoms with van der Waals surface area (Å²) in [6.45, 7) is 1.90. The van der Waals surface area contributed by atoms with E-state index >= 15 is 0 Å². The summed E-state index contributed by atoms with van der Waals surface area (Å²) >= 11 is 0. The Hall–Kier alpha value is -0.323. The van der Waals surface area contributed by atoms with Gasteiger partial charge in [0.1, 0.15) is 6.23 Å². The molecular weight excluding hydrogens is 148 g/mol. The molecule has 0 saturated carbocycles. The first-order valence-corrected chi connectivity index (χ1v) is 4.89. The van der Waals surface area contributed by atoms with Crippen molar-refractivity contribution >= 4 is 9.28 Å². The molecule has 0 aliphatic heterocycles. The molecule has 0 aromatic heterocycles. The van der Waals surface area contributed by atoms with Crippen molar-refractivity contribution in [2.24, 2.45) is 0 Å². The predicted molar refractivity (Wildman–Crippen MR) is 41.9 cm³/mol. The fourth-order valence-electron chi connectivity index (χ4n) is 0.463. The van der Waals surface area contributed by atoms with Gasteiger partial charge in [-0.15, -0.1) is 0 Å². The monoisotopic (exact) mass is 162 g/mol. The average molecular weight is 162 g/mol. The minimum Gasteiger partial charge on any atom is -0.500 e. The van der Waals surface area contributed by atoms with Crippen molar-refractivity contribution in [1.82, 2.24) is 0 Å². The third kappa shape index (κ3) is 4.55. The van der Waals surface area contributed by atoms with E-state index in [2.05, 4.69) is 0 Å². The van der Waals surface area contributed by atoms with Gasteiger partial charge < -0.3 is 13.6 Å². The highest BCUT2D eigenvalue weighted by Crippen LogP contribution is 1.86. The smallest absolute Gasteiger partial charge is 0.359 e. The largest absolute Gasteiger partial charge is 0.500 e. The van der Waals surface area contributed by atoms with Crippen molar-refractivity contribution in [3.05, 3.63) is 12.3 Å². The van der Waals surface area contributed by atoms with Gasteiger partial charge in [0, 0.05) is 14.2 Å². The molecule has 0 radical (unpaired) electrons. The van der Waals surface area contributed by atoms with Gasteiger partial charge in [0.2, 0.25) is 0 Å². The Morgan fingerprint density at radius 3 is 2.30 bits per heavy atom. The van der Waals surface area contributed by atoms with Crippen LogP contribution in [0, 0.1) is 0 Å². The van der Waals surface area contributed by atoms with Gasteiger partial charge in [-0.25, -0.2) is 0 Å². The molecule has 0 aromatic rings. The Bertz CT molecular complexity index is 91.0. The van der Waals surface area contributed by atoms with Crippen molar-refractivity contribution in [2.75, 3.05) is 20.4 Å². The molecule has 0 aliphatic rings. The number of ether oxygens (including phenoxy) is 1. The molecule has 0 heterocycles. The lowest BCUT2D eigenvalue weighted by atomic mass is 10.7. The fourth-order valence-corrected chi connectivity index (χ4v) is 1.20. The topological polar surface area (TPSA) is 27.7 Å². The lowest BCUT2D eigenvalue weighted by Crippen LogP contribution is -2.25. The normalized spacial score (nSPS) is 11.2. The Morgan fingerprint density at radius 2 is 1.90 bits per heavy atom. The highest BCUT2D eigenvalue weighted by Gasteiger charge is 2.07. The van der Waals surface area contributed by atoms with Crippen molar-refractivity contribution in [1.29, 1.82) is 0 Å². The van der Waals surface area contributed by atoms with E-state index in [0.29, 0.717) is 6.23 Å². The SMILES string of the molecule is CC=COC[SiH](OC)OC. The zero-order chi connectivity index (χ0) is 7.82.